The summed E-state index contributed by atoms with van der Waals surface area (Å²) < 4.78 is 1.50. The molecule has 3 heteroatoms. The maximum absolute atomic E-state index is 11.7. The second-order valence-corrected chi connectivity index (χ2v) is 3.80. The highest BCUT2D eigenvalue weighted by Gasteiger charge is 2.06. The van der Waals surface area contributed by atoms with Crippen LogP contribution in [0.15, 0.2) is 29.2 Å². The number of aryl methyl sites for hydroxylation is 2. The summed E-state index contributed by atoms with van der Waals surface area (Å²) in [4.78, 5) is 11.7. The van der Waals surface area contributed by atoms with Crippen molar-refractivity contribution in [1.82, 2.24) is 4.57 Å². The maximum atomic E-state index is 11.7. The van der Waals surface area contributed by atoms with Crippen molar-refractivity contribution in [2.75, 3.05) is 0 Å². The van der Waals surface area contributed by atoms with E-state index in [2.05, 4.69) is 0 Å². The van der Waals surface area contributed by atoms with Gasteiger partial charge in [0.05, 0.1) is 5.02 Å². The van der Waals surface area contributed by atoms with Crippen LogP contribution in [0, 0.1) is 6.92 Å². The summed E-state index contributed by atoms with van der Waals surface area (Å²) in [5.41, 5.74) is 1.03. The number of rotatable bonds is 0. The lowest BCUT2D eigenvalue weighted by atomic mass is 10.1. The first kappa shape index (κ1) is 9.28. The number of hydrogen-bond donors (Lipinski definition) is 0. The number of aromatic nitrogens is 1. The lowest BCUT2D eigenvalue weighted by molar-refractivity contribution is 0.873. The summed E-state index contributed by atoms with van der Waals surface area (Å²) in [5.74, 6) is 0. The summed E-state index contributed by atoms with van der Waals surface area (Å²) in [6.45, 7) is 1.95. The minimum Gasteiger partial charge on any atom is -0.317 e. The van der Waals surface area contributed by atoms with Crippen molar-refractivity contribution >= 4 is 22.4 Å². The molecule has 1 heterocycles. The molecule has 0 unspecified atom stereocenters. The van der Waals surface area contributed by atoms with Gasteiger partial charge in [-0.2, -0.15) is 0 Å². The average Bonchev–Trinajstić information content (AvgIpc) is 2.14. The third-order valence-corrected chi connectivity index (χ3v) is 2.66. The van der Waals surface area contributed by atoms with Gasteiger partial charge in [-0.3, -0.25) is 4.79 Å². The maximum Gasteiger partial charge on any atom is 0.258 e. The minimum absolute atomic E-state index is 0.00639. The average molecular weight is 208 g/mol. The van der Waals surface area contributed by atoms with Gasteiger partial charge in [0.2, 0.25) is 0 Å². The third kappa shape index (κ3) is 1.23. The van der Waals surface area contributed by atoms with Gasteiger partial charge in [-0.05, 0) is 18.6 Å². The second kappa shape index (κ2) is 3.14. The highest BCUT2D eigenvalue weighted by atomic mass is 35.5. The summed E-state index contributed by atoms with van der Waals surface area (Å²) in [6, 6.07) is 5.62. The summed E-state index contributed by atoms with van der Waals surface area (Å²) in [7, 11) is 1.70. The molecule has 2 nitrogen and oxygen atoms in total. The number of hydrogen-bond acceptors (Lipinski definition) is 1. The summed E-state index contributed by atoms with van der Waals surface area (Å²) in [6.07, 6.45) is 1.65. The predicted octanol–water partition coefficient (Wildman–Crippen LogP) is 2.50. The molecule has 2 aromatic rings. The Hall–Kier alpha value is -1.28. The Morgan fingerprint density at radius 2 is 2.07 bits per heavy atom. The van der Waals surface area contributed by atoms with E-state index in [1.165, 1.54) is 4.57 Å². The van der Waals surface area contributed by atoms with Crippen LogP contribution in [0.1, 0.15) is 5.56 Å². The van der Waals surface area contributed by atoms with Gasteiger partial charge in [0, 0.05) is 24.0 Å². The fourth-order valence-electron chi connectivity index (χ4n) is 1.65. The van der Waals surface area contributed by atoms with E-state index in [4.69, 9.17) is 11.6 Å². The SMILES string of the molecule is Cc1cccc2c(=O)n(C)cc(Cl)c12. The first-order chi connectivity index (χ1) is 6.61. The van der Waals surface area contributed by atoms with Gasteiger partial charge in [-0.1, -0.05) is 23.7 Å². The lowest BCUT2D eigenvalue weighted by Gasteiger charge is -2.06. The van der Waals surface area contributed by atoms with Crippen LogP contribution in [0.5, 0.6) is 0 Å². The fraction of sp³-hybridized carbons (Fsp3) is 0.182. The molecular formula is C11H10ClNO. The zero-order chi connectivity index (χ0) is 10.3. The van der Waals surface area contributed by atoms with Crippen LogP contribution >= 0.6 is 11.6 Å². The van der Waals surface area contributed by atoms with Gasteiger partial charge < -0.3 is 4.57 Å². The van der Waals surface area contributed by atoms with Crippen molar-refractivity contribution in [1.29, 1.82) is 0 Å². The molecule has 0 atom stereocenters. The molecule has 2 rings (SSSR count). The zero-order valence-electron chi connectivity index (χ0n) is 8.04. The smallest absolute Gasteiger partial charge is 0.258 e. The van der Waals surface area contributed by atoms with Crippen LogP contribution < -0.4 is 5.56 Å². The van der Waals surface area contributed by atoms with Crippen molar-refractivity contribution in [3.8, 4) is 0 Å². The lowest BCUT2D eigenvalue weighted by Crippen LogP contribution is -2.16. The third-order valence-electron chi connectivity index (χ3n) is 2.37. The van der Waals surface area contributed by atoms with E-state index in [0.717, 1.165) is 10.9 Å². The van der Waals surface area contributed by atoms with Gasteiger partial charge >= 0.3 is 0 Å². The highest BCUT2D eigenvalue weighted by molar-refractivity contribution is 6.35. The van der Waals surface area contributed by atoms with E-state index in [0.29, 0.717) is 10.4 Å². The number of fused-ring (bicyclic) bond motifs is 1. The zero-order valence-corrected chi connectivity index (χ0v) is 8.80. The van der Waals surface area contributed by atoms with Crippen LogP contribution in [0.4, 0.5) is 0 Å². The van der Waals surface area contributed by atoms with E-state index in [9.17, 15) is 4.79 Å². The molecular weight excluding hydrogens is 198 g/mol. The van der Waals surface area contributed by atoms with Crippen LogP contribution in [0.25, 0.3) is 10.8 Å². The van der Waals surface area contributed by atoms with E-state index >= 15 is 0 Å². The predicted molar refractivity (Wildman–Crippen MR) is 58.9 cm³/mol. The number of nitrogens with zero attached hydrogens (tertiary/aromatic N) is 1. The van der Waals surface area contributed by atoms with Gasteiger partial charge in [0.15, 0.2) is 0 Å². The summed E-state index contributed by atoms with van der Waals surface area (Å²) in [5, 5.41) is 2.16. The van der Waals surface area contributed by atoms with Crippen LogP contribution in [0.2, 0.25) is 5.02 Å². The molecule has 0 saturated heterocycles. The molecule has 0 radical (unpaired) electrons. The van der Waals surface area contributed by atoms with E-state index in [-0.39, 0.29) is 5.56 Å². The largest absolute Gasteiger partial charge is 0.317 e. The Morgan fingerprint density at radius 3 is 2.79 bits per heavy atom. The topological polar surface area (TPSA) is 22.0 Å². The summed E-state index contributed by atoms with van der Waals surface area (Å²) >= 11 is 6.08. The first-order valence-corrected chi connectivity index (χ1v) is 4.73. The molecule has 0 bridgehead atoms. The van der Waals surface area contributed by atoms with Gasteiger partial charge in [-0.25, -0.2) is 0 Å². The molecule has 1 aromatic carbocycles. The Labute approximate surface area is 86.7 Å². The number of halogens is 1. The van der Waals surface area contributed by atoms with Crippen molar-refractivity contribution < 1.29 is 0 Å². The van der Waals surface area contributed by atoms with E-state index < -0.39 is 0 Å². The van der Waals surface area contributed by atoms with Crippen LogP contribution in [-0.4, -0.2) is 4.57 Å². The van der Waals surface area contributed by atoms with Crippen molar-refractivity contribution in [3.63, 3.8) is 0 Å². The Kier molecular flexibility index (Phi) is 2.08. The molecule has 0 amide bonds. The number of benzene rings is 1. The van der Waals surface area contributed by atoms with Crippen molar-refractivity contribution in [2.45, 2.75) is 6.92 Å². The Bertz CT molecular complexity index is 557. The van der Waals surface area contributed by atoms with Crippen molar-refractivity contribution in [2.24, 2.45) is 7.05 Å². The van der Waals surface area contributed by atoms with Gasteiger partial charge in [0.1, 0.15) is 0 Å². The van der Waals surface area contributed by atoms with Gasteiger partial charge in [0.25, 0.3) is 5.56 Å². The normalized spacial score (nSPS) is 10.8. The molecule has 72 valence electrons. The van der Waals surface area contributed by atoms with Crippen LogP contribution in [-0.2, 0) is 7.05 Å². The molecule has 0 fully saturated rings. The van der Waals surface area contributed by atoms with Crippen molar-refractivity contribution in [3.05, 3.63) is 45.3 Å². The Morgan fingerprint density at radius 1 is 1.36 bits per heavy atom. The van der Waals surface area contributed by atoms with Crippen LogP contribution in [0.3, 0.4) is 0 Å². The molecule has 0 N–H and O–H groups in total. The molecule has 0 aliphatic carbocycles. The molecule has 0 saturated carbocycles. The molecule has 0 aliphatic rings. The standard InChI is InChI=1S/C11H10ClNO/c1-7-4-3-5-8-10(7)9(12)6-13(2)11(8)14/h3-6H,1-2H3. The monoisotopic (exact) mass is 207 g/mol. The van der Waals surface area contributed by atoms with E-state index in [1.54, 1.807) is 19.3 Å². The number of pyridine rings is 1. The minimum atomic E-state index is -0.00639. The molecule has 0 aliphatic heterocycles. The Balaban J connectivity index is 3.10. The highest BCUT2D eigenvalue weighted by Crippen LogP contribution is 2.23. The molecule has 1 aromatic heterocycles. The second-order valence-electron chi connectivity index (χ2n) is 3.39. The molecule has 0 spiro atoms. The molecule has 14 heavy (non-hydrogen) atoms. The van der Waals surface area contributed by atoms with E-state index in [1.807, 2.05) is 19.1 Å². The van der Waals surface area contributed by atoms with Gasteiger partial charge in [-0.15, -0.1) is 0 Å². The fourth-order valence-corrected chi connectivity index (χ4v) is 2.04. The quantitative estimate of drug-likeness (QED) is 0.651. The first-order valence-electron chi connectivity index (χ1n) is 4.35.